The SMILES string of the molecule is CCCCNc1nc(C)cn1C(C)C(CC)CC. The van der Waals surface area contributed by atoms with E-state index in [0.717, 1.165) is 24.1 Å². The second-order valence-electron chi connectivity index (χ2n) is 5.21. The standard InChI is InChI=1S/C15H29N3/c1-6-9-10-16-15-17-12(4)11-18(15)13(5)14(7-2)8-3/h11,13-14H,6-10H2,1-5H3,(H,16,17). The molecule has 1 rings (SSSR count). The lowest BCUT2D eigenvalue weighted by molar-refractivity contribution is 0.335. The Balaban J connectivity index is 2.79. The zero-order chi connectivity index (χ0) is 13.5. The summed E-state index contributed by atoms with van der Waals surface area (Å²) in [4.78, 5) is 4.61. The summed E-state index contributed by atoms with van der Waals surface area (Å²) in [6.45, 7) is 12.2. The van der Waals surface area contributed by atoms with Crippen molar-refractivity contribution in [1.29, 1.82) is 0 Å². The van der Waals surface area contributed by atoms with Crippen LogP contribution in [0.5, 0.6) is 0 Å². The first-order chi connectivity index (χ1) is 8.63. The average Bonchev–Trinajstić information content (AvgIpc) is 2.72. The van der Waals surface area contributed by atoms with Crippen LogP contribution in [0.3, 0.4) is 0 Å². The monoisotopic (exact) mass is 251 g/mol. The topological polar surface area (TPSA) is 29.9 Å². The van der Waals surface area contributed by atoms with Crippen LogP contribution in [0, 0.1) is 12.8 Å². The maximum atomic E-state index is 4.61. The highest BCUT2D eigenvalue weighted by molar-refractivity contribution is 5.29. The van der Waals surface area contributed by atoms with Gasteiger partial charge in [-0.3, -0.25) is 0 Å². The molecule has 0 saturated heterocycles. The van der Waals surface area contributed by atoms with Crippen LogP contribution in [0.2, 0.25) is 0 Å². The molecule has 1 atom stereocenters. The number of unbranched alkanes of at least 4 members (excludes halogenated alkanes) is 1. The summed E-state index contributed by atoms with van der Waals surface area (Å²) in [5, 5.41) is 3.47. The highest BCUT2D eigenvalue weighted by atomic mass is 15.2. The molecule has 0 aliphatic heterocycles. The third kappa shape index (κ3) is 3.76. The Labute approximate surface area is 112 Å². The minimum atomic E-state index is 0.519. The first-order valence-corrected chi connectivity index (χ1v) is 7.43. The fraction of sp³-hybridized carbons (Fsp3) is 0.800. The third-order valence-corrected chi connectivity index (χ3v) is 3.84. The fourth-order valence-electron chi connectivity index (χ4n) is 2.53. The van der Waals surface area contributed by atoms with Gasteiger partial charge >= 0.3 is 0 Å². The molecule has 0 aliphatic rings. The van der Waals surface area contributed by atoms with E-state index < -0.39 is 0 Å². The predicted octanol–water partition coefficient (Wildman–Crippen LogP) is 4.40. The molecule has 104 valence electrons. The van der Waals surface area contributed by atoms with Gasteiger partial charge in [0.1, 0.15) is 0 Å². The Morgan fingerprint density at radius 1 is 1.28 bits per heavy atom. The largest absolute Gasteiger partial charge is 0.356 e. The molecule has 0 fully saturated rings. The predicted molar refractivity (Wildman–Crippen MR) is 79.1 cm³/mol. The number of nitrogens with zero attached hydrogens (tertiary/aromatic N) is 2. The summed E-state index contributed by atoms with van der Waals surface area (Å²) in [6, 6.07) is 0.519. The van der Waals surface area contributed by atoms with Gasteiger partial charge in [0.25, 0.3) is 0 Å². The Kier molecular flexibility index (Phi) is 6.23. The number of rotatable bonds is 8. The molecular formula is C15H29N3. The van der Waals surface area contributed by atoms with E-state index in [1.54, 1.807) is 0 Å². The zero-order valence-corrected chi connectivity index (χ0v) is 12.7. The Morgan fingerprint density at radius 2 is 1.94 bits per heavy atom. The number of anilines is 1. The van der Waals surface area contributed by atoms with Crippen LogP contribution in [-0.2, 0) is 0 Å². The Hall–Kier alpha value is -0.990. The van der Waals surface area contributed by atoms with Gasteiger partial charge in [0.05, 0.1) is 5.69 Å². The molecule has 0 aliphatic carbocycles. The van der Waals surface area contributed by atoms with Crippen molar-refractivity contribution in [2.45, 2.75) is 66.3 Å². The van der Waals surface area contributed by atoms with Crippen molar-refractivity contribution in [2.75, 3.05) is 11.9 Å². The van der Waals surface area contributed by atoms with E-state index in [1.807, 2.05) is 0 Å². The number of hydrogen-bond donors (Lipinski definition) is 1. The smallest absolute Gasteiger partial charge is 0.203 e. The molecule has 0 bridgehead atoms. The van der Waals surface area contributed by atoms with Crippen molar-refractivity contribution in [1.82, 2.24) is 9.55 Å². The number of aryl methyl sites for hydroxylation is 1. The first-order valence-electron chi connectivity index (χ1n) is 7.43. The van der Waals surface area contributed by atoms with Crippen LogP contribution in [0.4, 0.5) is 5.95 Å². The molecule has 1 heterocycles. The molecule has 18 heavy (non-hydrogen) atoms. The van der Waals surface area contributed by atoms with Crippen LogP contribution in [0.15, 0.2) is 6.20 Å². The Bertz CT molecular complexity index is 340. The minimum absolute atomic E-state index is 0.519. The molecule has 0 amide bonds. The summed E-state index contributed by atoms with van der Waals surface area (Å²) in [7, 11) is 0. The van der Waals surface area contributed by atoms with E-state index in [-0.39, 0.29) is 0 Å². The number of aromatic nitrogens is 2. The summed E-state index contributed by atoms with van der Waals surface area (Å²) < 4.78 is 2.32. The lowest BCUT2D eigenvalue weighted by atomic mass is 9.95. The molecule has 1 unspecified atom stereocenters. The molecule has 0 spiro atoms. The molecule has 1 aromatic heterocycles. The van der Waals surface area contributed by atoms with Gasteiger partial charge in [0, 0.05) is 18.8 Å². The second-order valence-corrected chi connectivity index (χ2v) is 5.21. The van der Waals surface area contributed by atoms with Gasteiger partial charge in [-0.1, -0.05) is 40.0 Å². The van der Waals surface area contributed by atoms with Crippen molar-refractivity contribution in [3.8, 4) is 0 Å². The van der Waals surface area contributed by atoms with Gasteiger partial charge in [-0.05, 0) is 26.2 Å². The normalized spacial score (nSPS) is 13.0. The van der Waals surface area contributed by atoms with Gasteiger partial charge < -0.3 is 9.88 Å². The van der Waals surface area contributed by atoms with E-state index >= 15 is 0 Å². The summed E-state index contributed by atoms with van der Waals surface area (Å²) in [5.74, 6) is 1.77. The van der Waals surface area contributed by atoms with Gasteiger partial charge in [-0.2, -0.15) is 0 Å². The number of imidazole rings is 1. The van der Waals surface area contributed by atoms with Crippen molar-refractivity contribution >= 4 is 5.95 Å². The van der Waals surface area contributed by atoms with Gasteiger partial charge in [-0.15, -0.1) is 0 Å². The van der Waals surface area contributed by atoms with E-state index in [1.165, 1.54) is 25.7 Å². The molecular weight excluding hydrogens is 222 g/mol. The molecule has 0 saturated carbocycles. The summed E-state index contributed by atoms with van der Waals surface area (Å²) >= 11 is 0. The average molecular weight is 251 g/mol. The molecule has 1 N–H and O–H groups in total. The van der Waals surface area contributed by atoms with Crippen molar-refractivity contribution in [3.05, 3.63) is 11.9 Å². The van der Waals surface area contributed by atoms with Crippen LogP contribution >= 0.6 is 0 Å². The summed E-state index contributed by atoms with van der Waals surface area (Å²) in [5.41, 5.74) is 1.10. The molecule has 0 radical (unpaired) electrons. The van der Waals surface area contributed by atoms with Crippen molar-refractivity contribution in [2.24, 2.45) is 5.92 Å². The third-order valence-electron chi connectivity index (χ3n) is 3.84. The van der Waals surface area contributed by atoms with Crippen LogP contribution in [0.25, 0.3) is 0 Å². The van der Waals surface area contributed by atoms with Crippen LogP contribution in [-0.4, -0.2) is 16.1 Å². The number of hydrogen-bond acceptors (Lipinski definition) is 2. The summed E-state index contributed by atoms with van der Waals surface area (Å²) in [6.07, 6.45) is 7.05. The van der Waals surface area contributed by atoms with Gasteiger partial charge in [0.2, 0.25) is 5.95 Å². The lowest BCUT2D eigenvalue weighted by Crippen LogP contribution is -2.18. The Morgan fingerprint density at radius 3 is 2.50 bits per heavy atom. The van der Waals surface area contributed by atoms with Gasteiger partial charge in [-0.25, -0.2) is 4.98 Å². The van der Waals surface area contributed by atoms with Crippen molar-refractivity contribution in [3.63, 3.8) is 0 Å². The quantitative estimate of drug-likeness (QED) is 0.694. The maximum absolute atomic E-state index is 4.61. The molecule has 0 aromatic carbocycles. The lowest BCUT2D eigenvalue weighted by Gasteiger charge is -2.24. The first kappa shape index (κ1) is 15.1. The van der Waals surface area contributed by atoms with Gasteiger partial charge in [0.15, 0.2) is 0 Å². The van der Waals surface area contributed by atoms with Crippen LogP contribution < -0.4 is 5.32 Å². The van der Waals surface area contributed by atoms with E-state index in [4.69, 9.17) is 0 Å². The van der Waals surface area contributed by atoms with Crippen molar-refractivity contribution < 1.29 is 0 Å². The highest BCUT2D eigenvalue weighted by Crippen LogP contribution is 2.27. The molecule has 3 heteroatoms. The second kappa shape index (κ2) is 7.45. The fourth-order valence-corrected chi connectivity index (χ4v) is 2.53. The minimum Gasteiger partial charge on any atom is -0.356 e. The molecule has 1 aromatic rings. The number of nitrogens with one attached hydrogen (secondary N) is 1. The highest BCUT2D eigenvalue weighted by Gasteiger charge is 2.18. The van der Waals surface area contributed by atoms with E-state index in [2.05, 4.69) is 55.7 Å². The zero-order valence-electron chi connectivity index (χ0n) is 12.7. The maximum Gasteiger partial charge on any atom is 0.203 e. The van der Waals surface area contributed by atoms with E-state index in [9.17, 15) is 0 Å². The van der Waals surface area contributed by atoms with E-state index in [0.29, 0.717) is 6.04 Å². The van der Waals surface area contributed by atoms with Crippen LogP contribution in [0.1, 0.15) is 65.1 Å². The molecule has 3 nitrogen and oxygen atoms in total.